The van der Waals surface area contributed by atoms with Crippen LogP contribution in [0.15, 0.2) is 11.0 Å². The molecule has 70 valence electrons. The van der Waals surface area contributed by atoms with Crippen molar-refractivity contribution >= 4 is 24.0 Å². The Labute approximate surface area is 81.3 Å². The third-order valence-corrected chi connectivity index (χ3v) is 2.49. The summed E-state index contributed by atoms with van der Waals surface area (Å²) in [6.07, 6.45) is 0. The average molecular weight is 198 g/mol. The minimum atomic E-state index is -0.440. The van der Waals surface area contributed by atoms with Gasteiger partial charge in [-0.3, -0.25) is 10.1 Å². The molecular weight excluding hydrogens is 188 g/mol. The number of nitrogens with two attached hydrogens (primary N) is 1. The number of aryl methyl sites for hydroxylation is 1. The molecule has 0 aliphatic rings. The molecule has 0 aromatic heterocycles. The van der Waals surface area contributed by atoms with E-state index in [0.717, 1.165) is 0 Å². The summed E-state index contributed by atoms with van der Waals surface area (Å²) in [7, 11) is 0. The van der Waals surface area contributed by atoms with Crippen molar-refractivity contribution in [1.82, 2.24) is 0 Å². The Morgan fingerprint density at radius 3 is 2.54 bits per heavy atom. The normalized spacial score (nSPS) is 10.1. The third kappa shape index (κ3) is 1.60. The first-order chi connectivity index (χ1) is 5.95. The maximum atomic E-state index is 10.6. The molecule has 0 aliphatic carbocycles. The van der Waals surface area contributed by atoms with Gasteiger partial charge in [0, 0.05) is 11.3 Å². The van der Waals surface area contributed by atoms with Gasteiger partial charge in [0.05, 0.1) is 9.82 Å². The molecule has 0 radical (unpaired) electrons. The van der Waals surface area contributed by atoms with Crippen LogP contribution in [0.1, 0.15) is 11.1 Å². The number of benzene rings is 1. The topological polar surface area (TPSA) is 69.2 Å². The van der Waals surface area contributed by atoms with Gasteiger partial charge in [0.1, 0.15) is 0 Å². The van der Waals surface area contributed by atoms with Crippen molar-refractivity contribution in [2.75, 3.05) is 5.73 Å². The van der Waals surface area contributed by atoms with Crippen molar-refractivity contribution in [2.45, 2.75) is 18.7 Å². The first-order valence-electron chi connectivity index (χ1n) is 3.68. The standard InChI is InChI=1S/C8H10N2O2S/c1-4-3-6(9)5(2)8(13)7(4)10(11)12/h3,13H,9H2,1-2H3. The summed E-state index contributed by atoms with van der Waals surface area (Å²) in [4.78, 5) is 10.5. The Morgan fingerprint density at radius 2 is 2.08 bits per heavy atom. The van der Waals surface area contributed by atoms with Crippen molar-refractivity contribution in [1.29, 1.82) is 0 Å². The molecule has 0 amide bonds. The summed E-state index contributed by atoms with van der Waals surface area (Å²) in [5.41, 5.74) is 7.38. The smallest absolute Gasteiger partial charge is 0.285 e. The number of nitro groups is 1. The van der Waals surface area contributed by atoms with Gasteiger partial charge in [0.2, 0.25) is 0 Å². The molecule has 0 spiro atoms. The molecule has 0 aliphatic heterocycles. The van der Waals surface area contributed by atoms with E-state index in [4.69, 9.17) is 5.73 Å². The largest absolute Gasteiger partial charge is 0.398 e. The van der Waals surface area contributed by atoms with E-state index < -0.39 is 4.92 Å². The molecule has 0 bridgehead atoms. The monoisotopic (exact) mass is 198 g/mol. The highest BCUT2D eigenvalue weighted by Gasteiger charge is 2.18. The summed E-state index contributed by atoms with van der Waals surface area (Å²) in [5.74, 6) is 0. The van der Waals surface area contributed by atoms with E-state index in [1.165, 1.54) is 0 Å². The number of nitrogen functional groups attached to an aromatic ring is 1. The fourth-order valence-electron chi connectivity index (χ4n) is 1.14. The van der Waals surface area contributed by atoms with E-state index in [1.807, 2.05) is 0 Å². The zero-order chi connectivity index (χ0) is 10.2. The highest BCUT2D eigenvalue weighted by atomic mass is 32.1. The first-order valence-corrected chi connectivity index (χ1v) is 4.13. The number of rotatable bonds is 1. The number of anilines is 1. The van der Waals surface area contributed by atoms with Crippen LogP contribution in [-0.2, 0) is 0 Å². The number of nitro benzene ring substituents is 1. The second-order valence-corrected chi connectivity index (χ2v) is 3.31. The molecular formula is C8H10N2O2S. The summed E-state index contributed by atoms with van der Waals surface area (Å²) < 4.78 is 0. The van der Waals surface area contributed by atoms with Crippen LogP contribution in [0.5, 0.6) is 0 Å². The molecule has 0 saturated heterocycles. The van der Waals surface area contributed by atoms with Crippen LogP contribution in [0, 0.1) is 24.0 Å². The minimum Gasteiger partial charge on any atom is -0.398 e. The van der Waals surface area contributed by atoms with Gasteiger partial charge in [-0.05, 0) is 25.5 Å². The molecule has 1 aromatic carbocycles. The van der Waals surface area contributed by atoms with E-state index in [0.29, 0.717) is 21.7 Å². The van der Waals surface area contributed by atoms with Gasteiger partial charge in [-0.15, -0.1) is 12.6 Å². The lowest BCUT2D eigenvalue weighted by Gasteiger charge is -2.06. The van der Waals surface area contributed by atoms with Crippen LogP contribution in [-0.4, -0.2) is 4.92 Å². The average Bonchev–Trinajstić information content (AvgIpc) is 1.99. The number of hydrogen-bond acceptors (Lipinski definition) is 4. The molecule has 0 saturated carbocycles. The zero-order valence-corrected chi connectivity index (χ0v) is 8.26. The molecule has 0 atom stereocenters. The van der Waals surface area contributed by atoms with Gasteiger partial charge in [-0.1, -0.05) is 0 Å². The Hall–Kier alpha value is -1.23. The van der Waals surface area contributed by atoms with Gasteiger partial charge >= 0.3 is 0 Å². The van der Waals surface area contributed by atoms with Crippen molar-refractivity contribution in [3.8, 4) is 0 Å². The maximum Gasteiger partial charge on any atom is 0.285 e. The Morgan fingerprint density at radius 1 is 1.54 bits per heavy atom. The molecule has 1 aromatic rings. The Balaban J connectivity index is 3.53. The number of thiol groups is 1. The highest BCUT2D eigenvalue weighted by Crippen LogP contribution is 2.32. The predicted molar refractivity (Wildman–Crippen MR) is 54.2 cm³/mol. The minimum absolute atomic E-state index is 0.0371. The predicted octanol–water partition coefficient (Wildman–Crippen LogP) is 2.08. The van der Waals surface area contributed by atoms with Gasteiger partial charge in [-0.2, -0.15) is 0 Å². The molecule has 13 heavy (non-hydrogen) atoms. The van der Waals surface area contributed by atoms with E-state index in [9.17, 15) is 10.1 Å². The van der Waals surface area contributed by atoms with E-state index in [1.54, 1.807) is 19.9 Å². The van der Waals surface area contributed by atoms with Crippen LogP contribution in [0.2, 0.25) is 0 Å². The molecule has 2 N–H and O–H groups in total. The third-order valence-electron chi connectivity index (χ3n) is 1.94. The van der Waals surface area contributed by atoms with Crippen LogP contribution in [0.25, 0.3) is 0 Å². The van der Waals surface area contributed by atoms with E-state index in [2.05, 4.69) is 12.6 Å². The fourth-order valence-corrected chi connectivity index (χ4v) is 1.53. The highest BCUT2D eigenvalue weighted by molar-refractivity contribution is 7.80. The SMILES string of the molecule is Cc1cc(N)c(C)c(S)c1[N+](=O)[O-]. The van der Waals surface area contributed by atoms with Crippen molar-refractivity contribution in [3.05, 3.63) is 27.3 Å². The van der Waals surface area contributed by atoms with Crippen LogP contribution < -0.4 is 5.73 Å². The molecule has 0 fully saturated rings. The van der Waals surface area contributed by atoms with E-state index >= 15 is 0 Å². The lowest BCUT2D eigenvalue weighted by Crippen LogP contribution is -1.99. The second-order valence-electron chi connectivity index (χ2n) is 2.86. The zero-order valence-electron chi connectivity index (χ0n) is 7.37. The summed E-state index contributed by atoms with van der Waals surface area (Å²) >= 11 is 4.07. The molecule has 5 heteroatoms. The van der Waals surface area contributed by atoms with Crippen molar-refractivity contribution in [3.63, 3.8) is 0 Å². The maximum absolute atomic E-state index is 10.6. The summed E-state index contributed by atoms with van der Waals surface area (Å²) in [5, 5.41) is 10.6. The van der Waals surface area contributed by atoms with Gasteiger partial charge in [0.25, 0.3) is 5.69 Å². The number of hydrogen-bond donors (Lipinski definition) is 2. The Bertz CT molecular complexity index is 377. The van der Waals surface area contributed by atoms with Crippen molar-refractivity contribution in [2.24, 2.45) is 0 Å². The lowest BCUT2D eigenvalue weighted by atomic mass is 10.1. The summed E-state index contributed by atoms with van der Waals surface area (Å²) in [6.45, 7) is 3.36. The lowest BCUT2D eigenvalue weighted by molar-refractivity contribution is -0.388. The molecule has 1 rings (SSSR count). The van der Waals surface area contributed by atoms with Gasteiger partial charge in [-0.25, -0.2) is 0 Å². The Kier molecular flexibility index (Phi) is 2.47. The van der Waals surface area contributed by atoms with Crippen LogP contribution in [0.4, 0.5) is 11.4 Å². The molecule has 0 heterocycles. The first kappa shape index (κ1) is 9.85. The molecule has 0 unspecified atom stereocenters. The van der Waals surface area contributed by atoms with Crippen LogP contribution >= 0.6 is 12.6 Å². The van der Waals surface area contributed by atoms with Gasteiger partial charge in [0.15, 0.2) is 0 Å². The number of nitrogens with zero attached hydrogens (tertiary/aromatic N) is 1. The second kappa shape index (κ2) is 3.26. The van der Waals surface area contributed by atoms with Gasteiger partial charge < -0.3 is 5.73 Å². The summed E-state index contributed by atoms with van der Waals surface area (Å²) in [6, 6.07) is 1.59. The fraction of sp³-hybridized carbons (Fsp3) is 0.250. The van der Waals surface area contributed by atoms with Crippen molar-refractivity contribution < 1.29 is 4.92 Å². The van der Waals surface area contributed by atoms with Crippen LogP contribution in [0.3, 0.4) is 0 Å². The van der Waals surface area contributed by atoms with E-state index in [-0.39, 0.29) is 5.69 Å². The molecule has 4 nitrogen and oxygen atoms in total. The quantitative estimate of drug-likeness (QED) is 0.314.